The highest BCUT2D eigenvalue weighted by Gasteiger charge is 2.19. The maximum Gasteiger partial charge on any atom is 0.323 e. The minimum absolute atomic E-state index is 0.414. The summed E-state index contributed by atoms with van der Waals surface area (Å²) in [4.78, 5) is 10.2. The Balaban J connectivity index is 3.69. The maximum atomic E-state index is 10.2. The molecule has 4 nitrogen and oxygen atoms in total. The Bertz CT molecular complexity index is 116. The van der Waals surface area contributed by atoms with Crippen LogP contribution in [-0.4, -0.2) is 29.8 Å². The molecular weight excluding hydrogens is 134 g/mol. The fourth-order valence-electron chi connectivity index (χ4n) is 0.567. The fourth-order valence-corrected chi connectivity index (χ4v) is 0.567. The highest BCUT2D eigenvalue weighted by atomic mass is 16.5. The van der Waals surface area contributed by atoms with Gasteiger partial charge >= 0.3 is 5.97 Å². The number of nitrogens with two attached hydrogens (primary N) is 1. The quantitative estimate of drug-likeness (QED) is 0.578. The van der Waals surface area contributed by atoms with Gasteiger partial charge in [-0.1, -0.05) is 0 Å². The second kappa shape index (κ2) is 4.24. The Hall–Kier alpha value is -0.610. The van der Waals surface area contributed by atoms with E-state index in [1.54, 1.807) is 13.8 Å². The third-order valence-corrected chi connectivity index (χ3v) is 1.22. The molecule has 10 heavy (non-hydrogen) atoms. The molecular formula is C6H13NO3. The second-order valence-corrected chi connectivity index (χ2v) is 2.02. The van der Waals surface area contributed by atoms with E-state index >= 15 is 0 Å². The molecule has 0 aromatic heterocycles. The van der Waals surface area contributed by atoms with Crippen LogP contribution < -0.4 is 5.73 Å². The number of aliphatic carboxylic acids is 1. The zero-order valence-corrected chi connectivity index (χ0v) is 6.20. The molecule has 0 saturated heterocycles. The number of carboxylic acids is 1. The zero-order chi connectivity index (χ0) is 8.15. The van der Waals surface area contributed by atoms with Gasteiger partial charge in [0.05, 0.1) is 6.10 Å². The van der Waals surface area contributed by atoms with Gasteiger partial charge in [-0.3, -0.25) is 4.79 Å². The topological polar surface area (TPSA) is 72.5 Å². The van der Waals surface area contributed by atoms with Crippen molar-refractivity contribution < 1.29 is 14.6 Å². The van der Waals surface area contributed by atoms with E-state index in [1.807, 2.05) is 0 Å². The van der Waals surface area contributed by atoms with Crippen molar-refractivity contribution in [1.29, 1.82) is 0 Å². The number of hydrogen-bond acceptors (Lipinski definition) is 3. The summed E-state index contributed by atoms with van der Waals surface area (Å²) in [7, 11) is 0. The van der Waals surface area contributed by atoms with Crippen molar-refractivity contribution in [3.05, 3.63) is 0 Å². The Kier molecular flexibility index (Phi) is 3.99. The van der Waals surface area contributed by atoms with Crippen LogP contribution in [-0.2, 0) is 9.53 Å². The van der Waals surface area contributed by atoms with Crippen molar-refractivity contribution in [2.45, 2.75) is 26.0 Å². The largest absolute Gasteiger partial charge is 0.480 e. The van der Waals surface area contributed by atoms with Crippen molar-refractivity contribution in [1.82, 2.24) is 0 Å². The van der Waals surface area contributed by atoms with Gasteiger partial charge in [-0.2, -0.15) is 0 Å². The van der Waals surface area contributed by atoms with Gasteiger partial charge in [0, 0.05) is 6.61 Å². The first-order valence-electron chi connectivity index (χ1n) is 3.19. The molecule has 0 spiro atoms. The molecule has 0 radical (unpaired) electrons. The summed E-state index contributed by atoms with van der Waals surface area (Å²) in [5.41, 5.74) is 5.22. The van der Waals surface area contributed by atoms with Gasteiger partial charge in [-0.25, -0.2) is 0 Å². The van der Waals surface area contributed by atoms with Gasteiger partial charge in [0.1, 0.15) is 6.04 Å². The van der Waals surface area contributed by atoms with Crippen molar-refractivity contribution in [2.24, 2.45) is 5.73 Å². The molecule has 0 rings (SSSR count). The second-order valence-electron chi connectivity index (χ2n) is 2.02. The molecule has 0 saturated carbocycles. The minimum Gasteiger partial charge on any atom is -0.480 e. The fraction of sp³-hybridized carbons (Fsp3) is 0.833. The number of carbonyl (C=O) groups is 1. The van der Waals surface area contributed by atoms with Crippen molar-refractivity contribution in [3.63, 3.8) is 0 Å². The highest BCUT2D eigenvalue weighted by molar-refractivity contribution is 5.73. The lowest BCUT2D eigenvalue weighted by Crippen LogP contribution is -2.41. The monoisotopic (exact) mass is 147 g/mol. The molecule has 3 N–H and O–H groups in total. The van der Waals surface area contributed by atoms with Crippen LogP contribution in [0.5, 0.6) is 0 Å². The molecule has 0 unspecified atom stereocenters. The van der Waals surface area contributed by atoms with Crippen LogP contribution >= 0.6 is 0 Å². The third kappa shape index (κ3) is 2.80. The lowest BCUT2D eigenvalue weighted by molar-refractivity contribution is -0.141. The van der Waals surface area contributed by atoms with E-state index in [2.05, 4.69) is 0 Å². The van der Waals surface area contributed by atoms with Crippen LogP contribution in [0.2, 0.25) is 0 Å². The lowest BCUT2D eigenvalue weighted by Gasteiger charge is -2.14. The molecule has 2 atom stereocenters. The smallest absolute Gasteiger partial charge is 0.323 e. The summed E-state index contributed by atoms with van der Waals surface area (Å²) in [6.45, 7) is 3.93. The number of ether oxygens (including phenoxy) is 1. The van der Waals surface area contributed by atoms with Crippen LogP contribution in [0.1, 0.15) is 13.8 Å². The Morgan fingerprint density at radius 3 is 2.60 bits per heavy atom. The van der Waals surface area contributed by atoms with Crippen molar-refractivity contribution in [2.75, 3.05) is 6.61 Å². The van der Waals surface area contributed by atoms with Gasteiger partial charge in [-0.05, 0) is 13.8 Å². The standard InChI is InChI=1S/C6H13NO3/c1-3-10-4(2)5(7)6(8)9/h4-5H,3,7H2,1-2H3,(H,8,9)/t4-,5+/m1/s1. The predicted octanol–water partition coefficient (Wildman–Crippen LogP) is -0.177. The molecule has 60 valence electrons. The van der Waals surface area contributed by atoms with Crippen molar-refractivity contribution in [3.8, 4) is 0 Å². The maximum absolute atomic E-state index is 10.2. The molecule has 0 aromatic carbocycles. The summed E-state index contributed by atoms with van der Waals surface area (Å²) in [6, 6.07) is -0.917. The van der Waals surface area contributed by atoms with Gasteiger partial charge < -0.3 is 15.6 Å². The minimum atomic E-state index is -1.03. The molecule has 0 aliphatic heterocycles. The highest BCUT2D eigenvalue weighted by Crippen LogP contribution is 1.95. The third-order valence-electron chi connectivity index (χ3n) is 1.22. The molecule has 0 aromatic rings. The van der Waals surface area contributed by atoms with Crippen LogP contribution in [0.15, 0.2) is 0 Å². The first-order chi connectivity index (χ1) is 4.59. The summed E-state index contributed by atoms with van der Waals surface area (Å²) in [6.07, 6.45) is -0.414. The number of hydrogen-bond donors (Lipinski definition) is 2. The van der Waals surface area contributed by atoms with E-state index < -0.39 is 18.1 Å². The van der Waals surface area contributed by atoms with Crippen LogP contribution in [0, 0.1) is 0 Å². The molecule has 0 bridgehead atoms. The summed E-state index contributed by atoms with van der Waals surface area (Å²) < 4.78 is 4.96. The van der Waals surface area contributed by atoms with Gasteiger partial charge in [0.15, 0.2) is 0 Å². The van der Waals surface area contributed by atoms with E-state index in [-0.39, 0.29) is 0 Å². The molecule has 0 aliphatic carbocycles. The average molecular weight is 147 g/mol. The predicted molar refractivity (Wildman–Crippen MR) is 36.7 cm³/mol. The molecule has 0 heterocycles. The number of rotatable bonds is 4. The SMILES string of the molecule is CCO[C@H](C)[C@H](N)C(=O)O. The van der Waals surface area contributed by atoms with Crippen LogP contribution in [0.25, 0.3) is 0 Å². The molecule has 4 heteroatoms. The Morgan fingerprint density at radius 1 is 1.80 bits per heavy atom. The van der Waals surface area contributed by atoms with Gasteiger partial charge in [0.25, 0.3) is 0 Å². The van der Waals surface area contributed by atoms with Gasteiger partial charge in [-0.15, -0.1) is 0 Å². The average Bonchev–Trinajstić information content (AvgIpc) is 1.87. The van der Waals surface area contributed by atoms with E-state index in [1.165, 1.54) is 0 Å². The molecule has 0 aliphatic rings. The zero-order valence-electron chi connectivity index (χ0n) is 6.20. The first-order valence-corrected chi connectivity index (χ1v) is 3.19. The first kappa shape index (κ1) is 9.39. The normalized spacial score (nSPS) is 16.3. The van der Waals surface area contributed by atoms with Crippen molar-refractivity contribution >= 4 is 5.97 Å². The molecule has 0 fully saturated rings. The lowest BCUT2D eigenvalue weighted by atomic mass is 10.2. The van der Waals surface area contributed by atoms with E-state index in [0.29, 0.717) is 6.61 Å². The Morgan fingerprint density at radius 2 is 2.30 bits per heavy atom. The summed E-state index contributed by atoms with van der Waals surface area (Å²) in [5.74, 6) is -1.03. The summed E-state index contributed by atoms with van der Waals surface area (Å²) >= 11 is 0. The van der Waals surface area contributed by atoms with E-state index in [0.717, 1.165) is 0 Å². The van der Waals surface area contributed by atoms with E-state index in [4.69, 9.17) is 15.6 Å². The van der Waals surface area contributed by atoms with E-state index in [9.17, 15) is 4.79 Å². The number of carboxylic acid groups (broad SMARTS) is 1. The van der Waals surface area contributed by atoms with Crippen LogP contribution in [0.4, 0.5) is 0 Å². The summed E-state index contributed by atoms with van der Waals surface area (Å²) in [5, 5.41) is 8.37. The van der Waals surface area contributed by atoms with Gasteiger partial charge in [0.2, 0.25) is 0 Å². The molecule has 0 amide bonds. The Labute approximate surface area is 60.0 Å². The van der Waals surface area contributed by atoms with Crippen LogP contribution in [0.3, 0.4) is 0 Å².